The van der Waals surface area contributed by atoms with Crippen molar-refractivity contribution in [2.45, 2.75) is 65.0 Å². The summed E-state index contributed by atoms with van der Waals surface area (Å²) >= 11 is 1.39. The first-order chi connectivity index (χ1) is 17.3. The highest BCUT2D eigenvalue weighted by Gasteiger charge is 2.30. The van der Waals surface area contributed by atoms with Crippen molar-refractivity contribution in [3.63, 3.8) is 0 Å². The predicted octanol–water partition coefficient (Wildman–Crippen LogP) is 5.19. The molecule has 1 unspecified atom stereocenters. The number of ether oxygens (including phenoxy) is 1. The van der Waals surface area contributed by atoms with Crippen LogP contribution in [-0.4, -0.2) is 43.6 Å². The lowest BCUT2D eigenvalue weighted by Gasteiger charge is -2.30. The fraction of sp³-hybridized carbons (Fsp3) is 0.440. The van der Waals surface area contributed by atoms with Crippen molar-refractivity contribution in [3.05, 3.63) is 69.2 Å². The number of hydrogen-bond acceptors (Lipinski definition) is 6. The van der Waals surface area contributed by atoms with Gasteiger partial charge in [0.15, 0.2) is 0 Å². The molecular weight excluding hydrogens is 507 g/mol. The van der Waals surface area contributed by atoms with Crippen LogP contribution in [0.15, 0.2) is 36.7 Å². The summed E-state index contributed by atoms with van der Waals surface area (Å²) in [6, 6.07) is 4.68. The van der Waals surface area contributed by atoms with Gasteiger partial charge < -0.3 is 14.6 Å². The predicted molar refractivity (Wildman–Crippen MR) is 131 cm³/mol. The molecule has 0 radical (unpaired) electrons. The first-order valence-electron chi connectivity index (χ1n) is 11.7. The van der Waals surface area contributed by atoms with Crippen LogP contribution in [0.25, 0.3) is 0 Å². The molecule has 0 aliphatic carbocycles. The summed E-state index contributed by atoms with van der Waals surface area (Å²) < 4.78 is 45.5. The largest absolute Gasteiger partial charge is 0.444 e. The van der Waals surface area contributed by atoms with Crippen molar-refractivity contribution >= 4 is 23.3 Å². The van der Waals surface area contributed by atoms with Gasteiger partial charge in [-0.05, 0) is 45.4 Å². The van der Waals surface area contributed by atoms with Crippen molar-refractivity contribution in [1.82, 2.24) is 24.8 Å². The van der Waals surface area contributed by atoms with Crippen molar-refractivity contribution in [1.29, 1.82) is 0 Å². The van der Waals surface area contributed by atoms with Gasteiger partial charge in [0.1, 0.15) is 17.1 Å². The van der Waals surface area contributed by atoms with Gasteiger partial charge >= 0.3 is 12.3 Å². The van der Waals surface area contributed by atoms with Gasteiger partial charge in [-0.25, -0.2) is 14.8 Å². The lowest BCUT2D eigenvalue weighted by Crippen LogP contribution is -2.42. The standard InChI is InChI=1S/C25H28F3N5O3S/c1-15(19-13-30-21(37-19)11-16-5-7-17(8-6-16)25(26,27)28)31-22(34)18-12-29-20-14-32(9-10-33(18)20)23(35)36-24(2,3)4/h5-8,12-13,15H,9-11,14H2,1-4H3,(H,31,34). The monoisotopic (exact) mass is 535 g/mol. The number of thiazole rings is 1. The molecule has 1 N–H and O–H groups in total. The number of carbonyl (C=O) groups excluding carboxylic acids is 2. The summed E-state index contributed by atoms with van der Waals surface area (Å²) in [4.78, 5) is 36.5. The van der Waals surface area contributed by atoms with Gasteiger partial charge in [-0.3, -0.25) is 9.69 Å². The Balaban J connectivity index is 1.36. The zero-order chi connectivity index (χ0) is 27.0. The highest BCUT2D eigenvalue weighted by atomic mass is 32.1. The summed E-state index contributed by atoms with van der Waals surface area (Å²) in [7, 11) is 0. The summed E-state index contributed by atoms with van der Waals surface area (Å²) in [5, 5.41) is 3.69. The molecule has 4 rings (SSSR count). The molecule has 1 aliphatic heterocycles. The van der Waals surface area contributed by atoms with Crippen LogP contribution in [0.2, 0.25) is 0 Å². The van der Waals surface area contributed by atoms with Gasteiger partial charge in [0.2, 0.25) is 0 Å². The van der Waals surface area contributed by atoms with Crippen molar-refractivity contribution in [3.8, 4) is 0 Å². The summed E-state index contributed by atoms with van der Waals surface area (Å²) in [5.41, 5.74) is -0.163. The third-order valence-electron chi connectivity index (χ3n) is 5.73. The molecule has 2 amide bonds. The second-order valence-electron chi connectivity index (χ2n) is 9.84. The van der Waals surface area contributed by atoms with Crippen LogP contribution in [0.1, 0.15) is 71.1 Å². The number of amides is 2. The van der Waals surface area contributed by atoms with Crippen molar-refractivity contribution in [2.75, 3.05) is 6.54 Å². The van der Waals surface area contributed by atoms with Crippen LogP contribution in [0, 0.1) is 0 Å². The normalized spacial score (nSPS) is 14.7. The Morgan fingerprint density at radius 3 is 2.46 bits per heavy atom. The third kappa shape index (κ3) is 6.48. The topological polar surface area (TPSA) is 89.4 Å². The molecule has 0 fully saturated rings. The average molecular weight is 536 g/mol. The zero-order valence-electron chi connectivity index (χ0n) is 20.9. The van der Waals surface area contributed by atoms with E-state index in [1.807, 2.05) is 6.92 Å². The second kappa shape index (κ2) is 10.2. The molecule has 3 heterocycles. The number of hydrogen-bond donors (Lipinski definition) is 1. The van der Waals surface area contributed by atoms with E-state index in [-0.39, 0.29) is 18.5 Å². The van der Waals surface area contributed by atoms with Gasteiger partial charge in [-0.2, -0.15) is 13.2 Å². The van der Waals surface area contributed by atoms with E-state index in [1.165, 1.54) is 29.7 Å². The number of aromatic nitrogens is 3. The average Bonchev–Trinajstić information content (AvgIpc) is 3.44. The number of halogens is 3. The molecule has 3 aromatic rings. The smallest absolute Gasteiger partial charge is 0.416 e. The Morgan fingerprint density at radius 2 is 1.81 bits per heavy atom. The van der Waals surface area contributed by atoms with Gasteiger partial charge in [-0.15, -0.1) is 11.3 Å². The van der Waals surface area contributed by atoms with Crippen molar-refractivity contribution < 1.29 is 27.5 Å². The molecular formula is C25H28F3N5O3S. The molecule has 0 saturated carbocycles. The Labute approximate surface area is 216 Å². The first kappa shape index (κ1) is 26.6. The van der Waals surface area contributed by atoms with Crippen LogP contribution in [0.3, 0.4) is 0 Å². The van der Waals surface area contributed by atoms with E-state index < -0.39 is 23.4 Å². The number of benzene rings is 1. The fourth-order valence-electron chi connectivity index (χ4n) is 3.86. The maximum Gasteiger partial charge on any atom is 0.416 e. The highest BCUT2D eigenvalue weighted by Crippen LogP contribution is 2.30. The Hall–Kier alpha value is -3.41. The zero-order valence-corrected chi connectivity index (χ0v) is 21.7. The minimum absolute atomic E-state index is 0.250. The van der Waals surface area contributed by atoms with E-state index in [2.05, 4.69) is 15.3 Å². The molecule has 8 nitrogen and oxygen atoms in total. The minimum atomic E-state index is -4.37. The summed E-state index contributed by atoms with van der Waals surface area (Å²) in [6.45, 7) is 8.32. The summed E-state index contributed by atoms with van der Waals surface area (Å²) in [6.07, 6.45) is -1.22. The molecule has 12 heteroatoms. The third-order valence-corrected chi connectivity index (χ3v) is 6.91. The molecule has 1 atom stereocenters. The number of carbonyl (C=O) groups is 2. The van der Waals surface area contributed by atoms with E-state index in [4.69, 9.17) is 4.74 Å². The second-order valence-corrected chi connectivity index (χ2v) is 11.0. The van der Waals surface area contributed by atoms with Gasteiger partial charge in [-0.1, -0.05) is 12.1 Å². The molecule has 0 spiro atoms. The van der Waals surface area contributed by atoms with Crippen LogP contribution in [0.5, 0.6) is 0 Å². The lowest BCUT2D eigenvalue weighted by atomic mass is 10.1. The fourth-order valence-corrected chi connectivity index (χ4v) is 4.82. The molecule has 0 saturated heterocycles. The van der Waals surface area contributed by atoms with Crippen LogP contribution in [0.4, 0.5) is 18.0 Å². The maximum absolute atomic E-state index is 13.0. The van der Waals surface area contributed by atoms with Gasteiger partial charge in [0.25, 0.3) is 5.91 Å². The summed E-state index contributed by atoms with van der Waals surface area (Å²) in [5.74, 6) is 0.307. The van der Waals surface area contributed by atoms with E-state index in [0.717, 1.165) is 27.6 Å². The quantitative estimate of drug-likeness (QED) is 0.486. The molecule has 1 aromatic carbocycles. The van der Waals surface area contributed by atoms with Crippen LogP contribution in [-0.2, 0) is 30.4 Å². The Bertz CT molecular complexity index is 1280. The molecule has 2 aromatic heterocycles. The van der Waals surface area contributed by atoms with Crippen molar-refractivity contribution in [2.24, 2.45) is 0 Å². The van der Waals surface area contributed by atoms with Gasteiger partial charge in [0, 0.05) is 30.6 Å². The highest BCUT2D eigenvalue weighted by molar-refractivity contribution is 7.11. The van der Waals surface area contributed by atoms with E-state index in [1.54, 1.807) is 36.4 Å². The number of imidazole rings is 1. The maximum atomic E-state index is 13.0. The van der Waals surface area contributed by atoms with Gasteiger partial charge in [0.05, 0.1) is 29.4 Å². The number of nitrogens with zero attached hydrogens (tertiary/aromatic N) is 4. The van der Waals surface area contributed by atoms with E-state index in [9.17, 15) is 22.8 Å². The van der Waals surface area contributed by atoms with Crippen LogP contribution < -0.4 is 5.32 Å². The molecule has 198 valence electrons. The Kier molecular flexibility index (Phi) is 7.31. The Morgan fingerprint density at radius 1 is 1.11 bits per heavy atom. The van der Waals surface area contributed by atoms with Crippen LogP contribution >= 0.6 is 11.3 Å². The number of fused-ring (bicyclic) bond motifs is 1. The minimum Gasteiger partial charge on any atom is -0.444 e. The number of rotatable bonds is 5. The molecule has 0 bridgehead atoms. The van der Waals surface area contributed by atoms with E-state index >= 15 is 0 Å². The molecule has 37 heavy (non-hydrogen) atoms. The number of alkyl halides is 3. The molecule has 1 aliphatic rings. The number of nitrogens with one attached hydrogen (secondary N) is 1. The lowest BCUT2D eigenvalue weighted by molar-refractivity contribution is -0.137. The van der Waals surface area contributed by atoms with E-state index in [0.29, 0.717) is 31.0 Å². The first-order valence-corrected chi connectivity index (χ1v) is 12.6. The SMILES string of the molecule is CC(NC(=O)c1cnc2n1CCN(C(=O)OC(C)(C)C)C2)c1cnc(Cc2ccc(C(F)(F)F)cc2)s1.